The number of allylic oxidation sites excluding steroid dienone is 4. The maximum atomic E-state index is 12.5. The Hall–Kier alpha value is -1.66. The first-order chi connectivity index (χ1) is 35.5. The lowest BCUT2D eigenvalue weighted by Gasteiger charge is -2.22. The van der Waals surface area contributed by atoms with Crippen LogP contribution in [0.2, 0.25) is 0 Å². The van der Waals surface area contributed by atoms with Gasteiger partial charge in [-0.1, -0.05) is 314 Å². The molecule has 0 aromatic heterocycles. The smallest absolute Gasteiger partial charge is 0.305 e. The lowest BCUT2D eigenvalue weighted by Crippen LogP contribution is -2.45. The molecule has 0 aromatic carbocycles. The number of hydrogen-bond acceptors (Lipinski definition) is 5. The molecule has 0 spiro atoms. The van der Waals surface area contributed by atoms with Crippen LogP contribution in [-0.4, -0.2) is 47.4 Å². The molecule has 0 saturated carbocycles. The average molecular weight is 1010 g/mol. The number of ether oxygens (including phenoxy) is 1. The lowest BCUT2D eigenvalue weighted by molar-refractivity contribution is -0.143. The molecular weight excluding hydrogens is 887 g/mol. The number of hydrogen-bond donors (Lipinski definition) is 3. The zero-order valence-corrected chi connectivity index (χ0v) is 48.7. The largest absolute Gasteiger partial charge is 0.466 e. The number of carbonyl (C=O) groups excluding carboxylic acids is 2. The molecule has 3 N–H and O–H groups in total. The van der Waals surface area contributed by atoms with Crippen LogP contribution in [0, 0.1) is 0 Å². The van der Waals surface area contributed by atoms with E-state index < -0.39 is 12.1 Å². The van der Waals surface area contributed by atoms with Crippen LogP contribution in [0.3, 0.4) is 0 Å². The van der Waals surface area contributed by atoms with E-state index in [4.69, 9.17) is 4.74 Å². The van der Waals surface area contributed by atoms with Crippen molar-refractivity contribution < 1.29 is 24.5 Å². The van der Waals surface area contributed by atoms with Gasteiger partial charge < -0.3 is 20.3 Å². The van der Waals surface area contributed by atoms with Crippen molar-refractivity contribution in [3.63, 3.8) is 0 Å². The molecule has 2 atom stereocenters. The molecule has 0 aliphatic heterocycles. The Bertz CT molecular complexity index is 1120. The van der Waals surface area contributed by atoms with E-state index in [2.05, 4.69) is 43.5 Å². The molecule has 0 saturated heterocycles. The minimum absolute atomic E-state index is 0.0000992. The number of esters is 1. The quantitative estimate of drug-likeness (QED) is 0.0320. The summed E-state index contributed by atoms with van der Waals surface area (Å²) in [6.45, 7) is 4.95. The summed E-state index contributed by atoms with van der Waals surface area (Å²) < 4.78 is 5.48. The fraction of sp³-hybridized carbons (Fsp3) is 0.909. The second kappa shape index (κ2) is 61.9. The summed E-state index contributed by atoms with van der Waals surface area (Å²) in [7, 11) is 0. The van der Waals surface area contributed by atoms with Crippen molar-refractivity contribution >= 4 is 11.9 Å². The highest BCUT2D eigenvalue weighted by atomic mass is 16.5. The summed E-state index contributed by atoms with van der Waals surface area (Å²) in [5, 5.41) is 23.4. The van der Waals surface area contributed by atoms with Gasteiger partial charge in [-0.15, -0.1) is 0 Å². The van der Waals surface area contributed by atoms with Gasteiger partial charge in [-0.05, 0) is 57.8 Å². The van der Waals surface area contributed by atoms with E-state index in [1.807, 2.05) is 0 Å². The van der Waals surface area contributed by atoms with Crippen molar-refractivity contribution in [3.8, 4) is 0 Å². The zero-order valence-electron chi connectivity index (χ0n) is 48.7. The Morgan fingerprint density at radius 3 is 1.08 bits per heavy atom. The first-order valence-electron chi connectivity index (χ1n) is 32.6. The fourth-order valence-electron chi connectivity index (χ4n) is 10.3. The molecule has 6 nitrogen and oxygen atoms in total. The normalized spacial score (nSPS) is 12.7. The average Bonchev–Trinajstić information content (AvgIpc) is 3.38. The molecule has 0 aromatic rings. The van der Waals surface area contributed by atoms with Crippen LogP contribution < -0.4 is 5.32 Å². The summed E-state index contributed by atoms with van der Waals surface area (Å²) >= 11 is 0. The van der Waals surface area contributed by atoms with Gasteiger partial charge in [0.05, 0.1) is 25.4 Å². The van der Waals surface area contributed by atoms with Crippen LogP contribution in [0.25, 0.3) is 0 Å². The SMILES string of the molecule is CCCCC/C=C\C/C=C\CCCCCCCC(=O)OCCCCCCCCCCCCCCCCCCCCCCCCC(=O)NC(CO)C(O)CCCCCCCCCCCCCCCCCCCC. The van der Waals surface area contributed by atoms with Crippen LogP contribution >= 0.6 is 0 Å². The van der Waals surface area contributed by atoms with Gasteiger partial charge in [-0.2, -0.15) is 0 Å². The van der Waals surface area contributed by atoms with E-state index in [0.29, 0.717) is 25.9 Å². The van der Waals surface area contributed by atoms with Crippen LogP contribution in [0.5, 0.6) is 0 Å². The van der Waals surface area contributed by atoms with E-state index in [-0.39, 0.29) is 18.5 Å². The monoisotopic (exact) mass is 1010 g/mol. The number of nitrogens with one attached hydrogen (secondary N) is 1. The second-order valence-electron chi connectivity index (χ2n) is 22.5. The van der Waals surface area contributed by atoms with E-state index in [1.165, 1.54) is 276 Å². The van der Waals surface area contributed by atoms with E-state index in [0.717, 1.165) is 51.4 Å². The highest BCUT2D eigenvalue weighted by molar-refractivity contribution is 5.76. The van der Waals surface area contributed by atoms with Crippen LogP contribution in [0.15, 0.2) is 24.3 Å². The van der Waals surface area contributed by atoms with Gasteiger partial charge in [0.15, 0.2) is 0 Å². The second-order valence-corrected chi connectivity index (χ2v) is 22.5. The molecule has 72 heavy (non-hydrogen) atoms. The standard InChI is InChI=1S/C66H127NO5/c1-3-5-7-9-11-13-15-17-19-20-27-31-34-38-42-46-50-54-58-64(69)63(62-68)67-65(70)59-55-51-47-43-39-35-32-28-25-23-21-22-24-26-29-33-37-41-45-49-53-57-61-72-66(71)60-56-52-48-44-40-36-30-18-16-14-12-10-8-6-4-2/h12,14,18,30,63-64,68-69H,3-11,13,15-17,19-29,31-62H2,1-2H3,(H,67,70)/b14-12-,30-18-. The fourth-order valence-corrected chi connectivity index (χ4v) is 10.3. The van der Waals surface area contributed by atoms with Crippen LogP contribution in [-0.2, 0) is 14.3 Å². The molecule has 6 heteroatoms. The topological polar surface area (TPSA) is 95.9 Å². The third-order valence-corrected chi connectivity index (χ3v) is 15.3. The number of aliphatic hydroxyl groups excluding tert-OH is 2. The molecule has 426 valence electrons. The molecule has 2 unspecified atom stereocenters. The zero-order chi connectivity index (χ0) is 52.2. The number of unbranched alkanes of at least 4 members (excludes halogenated alkanes) is 46. The Morgan fingerprint density at radius 1 is 0.389 bits per heavy atom. The first-order valence-corrected chi connectivity index (χ1v) is 32.6. The maximum Gasteiger partial charge on any atom is 0.305 e. The first kappa shape index (κ1) is 70.3. The number of rotatable bonds is 61. The lowest BCUT2D eigenvalue weighted by atomic mass is 10.0. The van der Waals surface area contributed by atoms with Crippen LogP contribution in [0.1, 0.15) is 361 Å². The molecule has 0 heterocycles. The Balaban J connectivity index is 3.38. The molecule has 0 aliphatic carbocycles. The molecule has 0 aliphatic rings. The summed E-state index contributed by atoms with van der Waals surface area (Å²) in [5.41, 5.74) is 0. The molecule has 0 rings (SSSR count). The van der Waals surface area contributed by atoms with E-state index in [1.54, 1.807) is 0 Å². The summed E-state index contributed by atoms with van der Waals surface area (Å²) in [6, 6.07) is -0.542. The third kappa shape index (κ3) is 57.6. The molecule has 0 radical (unpaired) electrons. The van der Waals surface area contributed by atoms with Crippen molar-refractivity contribution in [1.82, 2.24) is 5.32 Å². The highest BCUT2D eigenvalue weighted by Crippen LogP contribution is 2.18. The van der Waals surface area contributed by atoms with Gasteiger partial charge in [-0.3, -0.25) is 9.59 Å². The number of amides is 1. The van der Waals surface area contributed by atoms with E-state index >= 15 is 0 Å². The van der Waals surface area contributed by atoms with Gasteiger partial charge in [0.1, 0.15) is 0 Å². The predicted octanol–water partition coefficient (Wildman–Crippen LogP) is 20.6. The van der Waals surface area contributed by atoms with Crippen molar-refractivity contribution in [2.24, 2.45) is 0 Å². The van der Waals surface area contributed by atoms with Gasteiger partial charge >= 0.3 is 5.97 Å². The van der Waals surface area contributed by atoms with Gasteiger partial charge in [-0.25, -0.2) is 0 Å². The Kier molecular flexibility index (Phi) is 60.5. The Morgan fingerprint density at radius 2 is 0.694 bits per heavy atom. The minimum atomic E-state index is -0.665. The predicted molar refractivity (Wildman–Crippen MR) is 315 cm³/mol. The van der Waals surface area contributed by atoms with Gasteiger partial charge in [0.2, 0.25) is 5.91 Å². The van der Waals surface area contributed by atoms with Crippen molar-refractivity contribution in [1.29, 1.82) is 0 Å². The third-order valence-electron chi connectivity index (χ3n) is 15.3. The van der Waals surface area contributed by atoms with Gasteiger partial charge in [0, 0.05) is 12.8 Å². The van der Waals surface area contributed by atoms with Gasteiger partial charge in [0.25, 0.3) is 0 Å². The molecule has 1 amide bonds. The molecule has 0 fully saturated rings. The van der Waals surface area contributed by atoms with Crippen molar-refractivity contribution in [3.05, 3.63) is 24.3 Å². The van der Waals surface area contributed by atoms with E-state index in [9.17, 15) is 19.8 Å². The van der Waals surface area contributed by atoms with Crippen molar-refractivity contribution in [2.45, 2.75) is 373 Å². The molecular formula is C66H127NO5. The summed E-state index contributed by atoms with van der Waals surface area (Å²) in [6.07, 6.45) is 76.2. The maximum absolute atomic E-state index is 12.5. The number of carbonyl (C=O) groups is 2. The van der Waals surface area contributed by atoms with Crippen LogP contribution in [0.4, 0.5) is 0 Å². The summed E-state index contributed by atoms with van der Waals surface area (Å²) in [5.74, 6) is -0.0322. The highest BCUT2D eigenvalue weighted by Gasteiger charge is 2.20. The summed E-state index contributed by atoms with van der Waals surface area (Å²) in [4.78, 5) is 24.6. The number of aliphatic hydroxyl groups is 2. The van der Waals surface area contributed by atoms with Crippen molar-refractivity contribution in [2.75, 3.05) is 13.2 Å². The minimum Gasteiger partial charge on any atom is -0.466 e. The Labute approximate surface area is 450 Å². The molecule has 0 bridgehead atoms.